The second kappa shape index (κ2) is 16.4. The van der Waals surface area contributed by atoms with Gasteiger partial charge in [0.25, 0.3) is 0 Å². The molecule has 0 bridgehead atoms. The topological polar surface area (TPSA) is 100 Å². The Labute approximate surface area is 229 Å². The highest BCUT2D eigenvalue weighted by Gasteiger charge is 2.09. The molecule has 0 aliphatic rings. The second-order valence-electron chi connectivity index (χ2n) is 8.89. The Kier molecular flexibility index (Phi) is 12.9. The maximum absolute atomic E-state index is 13.6. The molecule has 0 spiro atoms. The molecule has 0 aromatic heterocycles. The molecular formula is C32H33FN2O4. The average Bonchev–Trinajstić information content (AvgIpc) is 2.92. The summed E-state index contributed by atoms with van der Waals surface area (Å²) >= 11 is 0. The minimum atomic E-state index is -0.708. The van der Waals surface area contributed by atoms with Crippen LogP contribution in [0, 0.1) is 28.5 Å². The summed E-state index contributed by atoms with van der Waals surface area (Å²) in [5.41, 5.74) is 2.49. The highest BCUT2D eigenvalue weighted by atomic mass is 19.1. The van der Waals surface area contributed by atoms with Gasteiger partial charge in [0.05, 0.1) is 17.2 Å². The zero-order valence-corrected chi connectivity index (χ0v) is 21.1. The monoisotopic (exact) mass is 528 g/mol. The van der Waals surface area contributed by atoms with Gasteiger partial charge in [-0.05, 0) is 60.4 Å². The molecule has 0 fully saturated rings. The van der Waals surface area contributed by atoms with Crippen molar-refractivity contribution in [3.63, 3.8) is 0 Å². The fourth-order valence-electron chi connectivity index (χ4n) is 3.89. The van der Waals surface area contributed by atoms with Gasteiger partial charge in [0.1, 0.15) is 23.4 Å². The summed E-state index contributed by atoms with van der Waals surface area (Å²) in [5.74, 6) is -0.769. The van der Waals surface area contributed by atoms with Crippen molar-refractivity contribution in [2.24, 2.45) is 0 Å². The Morgan fingerprint density at radius 2 is 1.10 bits per heavy atom. The average molecular weight is 529 g/mol. The summed E-state index contributed by atoms with van der Waals surface area (Å²) in [4.78, 5) is 24.0. The number of hydrogen-bond acceptors (Lipinski definition) is 6. The molecule has 39 heavy (non-hydrogen) atoms. The Bertz CT molecular complexity index is 1310. The van der Waals surface area contributed by atoms with Crippen molar-refractivity contribution in [3.8, 4) is 34.8 Å². The molecule has 0 N–H and O–H groups in total. The van der Waals surface area contributed by atoms with E-state index >= 15 is 0 Å². The van der Waals surface area contributed by atoms with Gasteiger partial charge < -0.3 is 9.47 Å². The van der Waals surface area contributed by atoms with Gasteiger partial charge in [0.15, 0.2) is 0 Å². The third-order valence-corrected chi connectivity index (χ3v) is 5.99. The van der Waals surface area contributed by atoms with Gasteiger partial charge >= 0.3 is 11.9 Å². The zero-order valence-electron chi connectivity index (χ0n) is 21.1. The number of hydrogen-bond donors (Lipinski definition) is 0. The maximum Gasteiger partial charge on any atom is 0.311 e. The highest BCUT2D eigenvalue weighted by molar-refractivity contribution is 5.73. The molecule has 0 aliphatic heterocycles. The Morgan fingerprint density at radius 3 is 1.59 bits per heavy atom. The van der Waals surface area contributed by atoms with E-state index in [0.717, 1.165) is 55.7 Å². The van der Waals surface area contributed by atoms with Crippen molar-refractivity contribution < 1.29 is 23.5 Å². The standard InChI is InChI=1S/C31H29FN2O4.CH4/c32-29-20-28(19-16-26(29)22-34)38-31(36)9-7-5-3-1-2-4-6-8-30(35)37-27-17-14-25(15-18-27)24-12-10-23(21-33)11-13-24;/h10-20H,1-9H2;1H4. The summed E-state index contributed by atoms with van der Waals surface area (Å²) in [7, 11) is 0. The number of carbonyl (C=O) groups is 2. The number of benzene rings is 3. The van der Waals surface area contributed by atoms with Crippen LogP contribution in [0.3, 0.4) is 0 Å². The lowest BCUT2D eigenvalue weighted by Crippen LogP contribution is -2.08. The first-order valence-electron chi connectivity index (χ1n) is 12.7. The minimum absolute atomic E-state index is 0. The van der Waals surface area contributed by atoms with Crippen LogP contribution >= 0.6 is 0 Å². The van der Waals surface area contributed by atoms with E-state index in [1.165, 1.54) is 12.1 Å². The summed E-state index contributed by atoms with van der Waals surface area (Å²) < 4.78 is 24.1. The normalized spacial score (nSPS) is 10.0. The molecule has 0 radical (unpaired) electrons. The van der Waals surface area contributed by atoms with Crippen molar-refractivity contribution in [2.75, 3.05) is 0 Å². The molecule has 0 atom stereocenters. The number of esters is 2. The fraction of sp³-hybridized carbons (Fsp3) is 0.312. The van der Waals surface area contributed by atoms with E-state index in [4.69, 9.17) is 20.0 Å². The molecule has 0 aliphatic carbocycles. The number of halogens is 1. The molecule has 0 amide bonds. The molecular weight excluding hydrogens is 495 g/mol. The van der Waals surface area contributed by atoms with E-state index in [1.807, 2.05) is 24.3 Å². The number of ether oxygens (including phenoxy) is 2. The predicted molar refractivity (Wildman–Crippen MR) is 147 cm³/mol. The van der Waals surface area contributed by atoms with Crippen LogP contribution in [0.4, 0.5) is 4.39 Å². The van der Waals surface area contributed by atoms with Crippen molar-refractivity contribution >= 4 is 11.9 Å². The smallest absolute Gasteiger partial charge is 0.311 e. The number of rotatable bonds is 13. The molecule has 3 aromatic rings. The van der Waals surface area contributed by atoms with Gasteiger partial charge in [0, 0.05) is 18.9 Å². The van der Waals surface area contributed by atoms with Crippen molar-refractivity contribution in [2.45, 2.75) is 65.2 Å². The van der Waals surface area contributed by atoms with Crippen LogP contribution in [0.5, 0.6) is 11.5 Å². The Morgan fingerprint density at radius 1 is 0.641 bits per heavy atom. The van der Waals surface area contributed by atoms with Crippen molar-refractivity contribution in [1.29, 1.82) is 10.5 Å². The number of unbranched alkanes of at least 4 members (excludes halogenated alkanes) is 6. The van der Waals surface area contributed by atoms with Crippen LogP contribution in [0.2, 0.25) is 0 Å². The van der Waals surface area contributed by atoms with E-state index in [-0.39, 0.29) is 31.1 Å². The van der Waals surface area contributed by atoms with Gasteiger partial charge in [-0.3, -0.25) is 9.59 Å². The van der Waals surface area contributed by atoms with E-state index in [2.05, 4.69) is 6.07 Å². The molecule has 202 valence electrons. The largest absolute Gasteiger partial charge is 0.427 e. The van der Waals surface area contributed by atoms with Gasteiger partial charge in [-0.2, -0.15) is 10.5 Å². The van der Waals surface area contributed by atoms with Crippen LogP contribution in [-0.2, 0) is 9.59 Å². The lowest BCUT2D eigenvalue weighted by molar-refractivity contribution is -0.135. The van der Waals surface area contributed by atoms with E-state index in [1.54, 1.807) is 30.3 Å². The van der Waals surface area contributed by atoms with Gasteiger partial charge in [-0.1, -0.05) is 63.8 Å². The van der Waals surface area contributed by atoms with Gasteiger partial charge in [0.2, 0.25) is 0 Å². The predicted octanol–water partition coefficient (Wildman–Crippen LogP) is 7.89. The minimum Gasteiger partial charge on any atom is -0.427 e. The highest BCUT2D eigenvalue weighted by Crippen LogP contribution is 2.23. The van der Waals surface area contributed by atoms with Crippen LogP contribution in [0.15, 0.2) is 66.7 Å². The van der Waals surface area contributed by atoms with E-state index in [9.17, 15) is 14.0 Å². The van der Waals surface area contributed by atoms with Gasteiger partial charge in [-0.15, -0.1) is 0 Å². The molecule has 0 saturated heterocycles. The number of nitrogens with zero attached hydrogens (tertiary/aromatic N) is 2. The van der Waals surface area contributed by atoms with E-state index < -0.39 is 11.8 Å². The summed E-state index contributed by atoms with van der Waals surface area (Å²) in [6.07, 6.45) is 6.87. The molecule has 0 heterocycles. The maximum atomic E-state index is 13.6. The van der Waals surface area contributed by atoms with Crippen molar-refractivity contribution in [3.05, 3.63) is 83.7 Å². The molecule has 6 nitrogen and oxygen atoms in total. The van der Waals surface area contributed by atoms with Crippen LogP contribution in [-0.4, -0.2) is 11.9 Å². The molecule has 0 saturated carbocycles. The molecule has 0 unspecified atom stereocenters. The summed E-state index contributed by atoms with van der Waals surface area (Å²) in [5, 5.41) is 17.6. The second-order valence-corrected chi connectivity index (χ2v) is 8.89. The van der Waals surface area contributed by atoms with Gasteiger partial charge in [-0.25, -0.2) is 4.39 Å². The first-order valence-corrected chi connectivity index (χ1v) is 12.7. The lowest BCUT2D eigenvalue weighted by Gasteiger charge is -2.07. The molecule has 7 heteroatoms. The SMILES string of the molecule is C.N#Cc1ccc(-c2ccc(OC(=O)CCCCCCCCCC(=O)Oc3ccc(C#N)c(F)c3)cc2)cc1. The number of carbonyl (C=O) groups excluding carboxylic acids is 2. The van der Waals surface area contributed by atoms with E-state index in [0.29, 0.717) is 24.2 Å². The number of nitriles is 2. The first-order chi connectivity index (χ1) is 18.5. The zero-order chi connectivity index (χ0) is 27.2. The third-order valence-electron chi connectivity index (χ3n) is 5.99. The quantitative estimate of drug-likeness (QED) is 0.127. The van der Waals surface area contributed by atoms with Crippen LogP contribution in [0.1, 0.15) is 76.3 Å². The summed E-state index contributed by atoms with van der Waals surface area (Å²) in [6.45, 7) is 0. The third kappa shape index (κ3) is 10.4. The molecule has 3 rings (SSSR count). The fourth-order valence-corrected chi connectivity index (χ4v) is 3.89. The Hall–Kier alpha value is -4.49. The first kappa shape index (κ1) is 30.7. The summed E-state index contributed by atoms with van der Waals surface area (Å²) in [6, 6.07) is 22.2. The Balaban J connectivity index is 0.00000533. The van der Waals surface area contributed by atoms with Crippen LogP contribution in [0.25, 0.3) is 11.1 Å². The molecule has 3 aromatic carbocycles. The van der Waals surface area contributed by atoms with Crippen LogP contribution < -0.4 is 9.47 Å². The van der Waals surface area contributed by atoms with Crippen molar-refractivity contribution in [1.82, 2.24) is 0 Å². The lowest BCUT2D eigenvalue weighted by atomic mass is 10.0.